The highest BCUT2D eigenvalue weighted by molar-refractivity contribution is 9.10. The first-order valence-electron chi connectivity index (χ1n) is 6.75. The Bertz CT molecular complexity index is 575. The maximum atomic E-state index is 6.43. The van der Waals surface area contributed by atoms with Crippen molar-refractivity contribution in [2.45, 2.75) is 32.9 Å². The summed E-state index contributed by atoms with van der Waals surface area (Å²) in [7, 11) is 0. The third kappa shape index (κ3) is 3.62. The molecule has 0 heterocycles. The minimum Gasteiger partial charge on any atom is -0.491 e. The average molecular weight is 334 g/mol. The van der Waals surface area contributed by atoms with Gasteiger partial charge in [-0.15, -0.1) is 0 Å². The van der Waals surface area contributed by atoms with E-state index in [4.69, 9.17) is 10.5 Å². The van der Waals surface area contributed by atoms with Gasteiger partial charge in [-0.05, 0) is 50.1 Å². The van der Waals surface area contributed by atoms with Crippen LogP contribution in [0.25, 0.3) is 0 Å². The van der Waals surface area contributed by atoms with Crippen LogP contribution in [0.4, 0.5) is 0 Å². The van der Waals surface area contributed by atoms with Crippen molar-refractivity contribution in [3.8, 4) is 5.75 Å². The van der Waals surface area contributed by atoms with E-state index in [2.05, 4.69) is 41.1 Å². The molecule has 0 spiro atoms. The van der Waals surface area contributed by atoms with Crippen molar-refractivity contribution in [3.05, 3.63) is 63.6 Å². The summed E-state index contributed by atoms with van der Waals surface area (Å²) >= 11 is 3.53. The van der Waals surface area contributed by atoms with Crippen molar-refractivity contribution >= 4 is 15.9 Å². The lowest BCUT2D eigenvalue weighted by atomic mass is 9.97. The third-order valence-corrected chi connectivity index (χ3v) is 3.50. The molecule has 0 aromatic heterocycles. The summed E-state index contributed by atoms with van der Waals surface area (Å²) in [6, 6.07) is 14.0. The minimum atomic E-state index is -0.193. The van der Waals surface area contributed by atoms with E-state index in [0.29, 0.717) is 0 Å². The summed E-state index contributed by atoms with van der Waals surface area (Å²) in [5.41, 5.74) is 9.71. The Morgan fingerprint density at radius 1 is 1.10 bits per heavy atom. The molecule has 2 aromatic carbocycles. The van der Waals surface area contributed by atoms with Gasteiger partial charge in [0.1, 0.15) is 5.75 Å². The molecule has 1 unspecified atom stereocenters. The second kappa shape index (κ2) is 6.42. The lowest BCUT2D eigenvalue weighted by Gasteiger charge is -2.19. The Labute approximate surface area is 129 Å². The van der Waals surface area contributed by atoms with Crippen LogP contribution in [-0.4, -0.2) is 6.10 Å². The van der Waals surface area contributed by atoms with Gasteiger partial charge in [-0.3, -0.25) is 0 Å². The molecule has 2 aromatic rings. The first kappa shape index (κ1) is 15.1. The number of rotatable bonds is 4. The molecule has 0 radical (unpaired) electrons. The lowest BCUT2D eigenvalue weighted by Crippen LogP contribution is -2.15. The van der Waals surface area contributed by atoms with E-state index in [-0.39, 0.29) is 12.1 Å². The number of para-hydroxylation sites is 1. The van der Waals surface area contributed by atoms with Gasteiger partial charge in [0.2, 0.25) is 0 Å². The minimum absolute atomic E-state index is 0.132. The lowest BCUT2D eigenvalue weighted by molar-refractivity contribution is 0.239. The number of hydrogen-bond donors (Lipinski definition) is 1. The van der Waals surface area contributed by atoms with Crippen LogP contribution in [0.5, 0.6) is 5.75 Å². The number of aryl methyl sites for hydroxylation is 1. The van der Waals surface area contributed by atoms with Crippen molar-refractivity contribution in [1.82, 2.24) is 0 Å². The van der Waals surface area contributed by atoms with Gasteiger partial charge in [-0.25, -0.2) is 0 Å². The Morgan fingerprint density at radius 3 is 2.45 bits per heavy atom. The maximum Gasteiger partial charge on any atom is 0.124 e. The number of benzene rings is 2. The maximum absolute atomic E-state index is 6.43. The molecular formula is C17H20BrNO. The third-order valence-electron chi connectivity index (χ3n) is 3.04. The zero-order chi connectivity index (χ0) is 14.7. The van der Waals surface area contributed by atoms with E-state index in [1.165, 1.54) is 5.56 Å². The SMILES string of the molecule is Cc1cc(Br)cc(C(N)c2ccccc2OC(C)C)c1. The van der Waals surface area contributed by atoms with E-state index in [1.54, 1.807) is 0 Å². The molecule has 2 rings (SSSR count). The molecule has 3 heteroatoms. The second-order valence-electron chi connectivity index (χ2n) is 5.24. The zero-order valence-corrected chi connectivity index (χ0v) is 13.6. The van der Waals surface area contributed by atoms with Crippen LogP contribution in [0, 0.1) is 6.92 Å². The van der Waals surface area contributed by atoms with E-state index >= 15 is 0 Å². The topological polar surface area (TPSA) is 35.2 Å². The number of nitrogens with two attached hydrogens (primary N) is 1. The standard InChI is InChI=1S/C17H20BrNO/c1-11(2)20-16-7-5-4-6-15(16)17(19)13-8-12(3)9-14(18)10-13/h4-11,17H,19H2,1-3H3. The first-order valence-corrected chi connectivity index (χ1v) is 7.55. The van der Waals surface area contributed by atoms with Gasteiger partial charge in [0.25, 0.3) is 0 Å². The molecule has 20 heavy (non-hydrogen) atoms. The molecule has 0 saturated heterocycles. The van der Waals surface area contributed by atoms with Crippen LogP contribution < -0.4 is 10.5 Å². The highest BCUT2D eigenvalue weighted by atomic mass is 79.9. The predicted molar refractivity (Wildman–Crippen MR) is 87.1 cm³/mol. The Kier molecular flexibility index (Phi) is 4.84. The molecule has 106 valence electrons. The summed E-state index contributed by atoms with van der Waals surface area (Å²) in [6.45, 7) is 6.11. The molecule has 0 aliphatic carbocycles. The van der Waals surface area contributed by atoms with Gasteiger partial charge >= 0.3 is 0 Å². The molecule has 0 amide bonds. The van der Waals surface area contributed by atoms with E-state index in [1.807, 2.05) is 38.1 Å². The van der Waals surface area contributed by atoms with Gasteiger partial charge in [0, 0.05) is 10.0 Å². The van der Waals surface area contributed by atoms with Gasteiger partial charge < -0.3 is 10.5 Å². The fraction of sp³-hybridized carbons (Fsp3) is 0.294. The smallest absolute Gasteiger partial charge is 0.124 e. The van der Waals surface area contributed by atoms with Gasteiger partial charge in [-0.1, -0.05) is 40.2 Å². The van der Waals surface area contributed by atoms with E-state index in [9.17, 15) is 0 Å². The van der Waals surface area contributed by atoms with E-state index < -0.39 is 0 Å². The van der Waals surface area contributed by atoms with E-state index in [0.717, 1.165) is 21.3 Å². The fourth-order valence-electron chi connectivity index (χ4n) is 2.22. The number of halogens is 1. The second-order valence-corrected chi connectivity index (χ2v) is 6.16. The normalized spacial score (nSPS) is 12.5. The van der Waals surface area contributed by atoms with Crippen LogP contribution in [0.1, 0.15) is 36.6 Å². The Hall–Kier alpha value is -1.32. The molecular weight excluding hydrogens is 314 g/mol. The summed E-state index contributed by atoms with van der Waals surface area (Å²) < 4.78 is 6.90. The van der Waals surface area contributed by atoms with Gasteiger partial charge in [0.15, 0.2) is 0 Å². The Morgan fingerprint density at radius 2 is 1.80 bits per heavy atom. The van der Waals surface area contributed by atoms with Crippen LogP contribution in [-0.2, 0) is 0 Å². The fourth-order valence-corrected chi connectivity index (χ4v) is 2.85. The highest BCUT2D eigenvalue weighted by Crippen LogP contribution is 2.30. The summed E-state index contributed by atoms with van der Waals surface area (Å²) in [6.07, 6.45) is 0.132. The quantitative estimate of drug-likeness (QED) is 0.887. The zero-order valence-electron chi connectivity index (χ0n) is 12.1. The Balaban J connectivity index is 2.39. The molecule has 1 atom stereocenters. The van der Waals surface area contributed by atoms with Crippen molar-refractivity contribution in [3.63, 3.8) is 0 Å². The number of hydrogen-bond acceptors (Lipinski definition) is 2. The molecule has 0 fully saturated rings. The van der Waals surface area contributed by atoms with Crippen molar-refractivity contribution in [2.75, 3.05) is 0 Å². The average Bonchev–Trinajstić information content (AvgIpc) is 2.36. The van der Waals surface area contributed by atoms with Crippen LogP contribution >= 0.6 is 15.9 Å². The van der Waals surface area contributed by atoms with Gasteiger partial charge in [0.05, 0.1) is 12.1 Å². The largest absolute Gasteiger partial charge is 0.491 e. The van der Waals surface area contributed by atoms with Crippen molar-refractivity contribution < 1.29 is 4.74 Å². The molecule has 0 bridgehead atoms. The van der Waals surface area contributed by atoms with Crippen molar-refractivity contribution in [1.29, 1.82) is 0 Å². The van der Waals surface area contributed by atoms with Crippen LogP contribution in [0.3, 0.4) is 0 Å². The van der Waals surface area contributed by atoms with Crippen LogP contribution in [0.15, 0.2) is 46.9 Å². The molecule has 0 saturated carbocycles. The monoisotopic (exact) mass is 333 g/mol. The summed E-state index contributed by atoms with van der Waals surface area (Å²) in [4.78, 5) is 0. The van der Waals surface area contributed by atoms with Gasteiger partial charge in [-0.2, -0.15) is 0 Å². The summed E-state index contributed by atoms with van der Waals surface area (Å²) in [5, 5.41) is 0. The van der Waals surface area contributed by atoms with Crippen molar-refractivity contribution in [2.24, 2.45) is 5.73 Å². The first-order chi connectivity index (χ1) is 9.47. The number of ether oxygens (including phenoxy) is 1. The highest BCUT2D eigenvalue weighted by Gasteiger charge is 2.15. The molecule has 2 N–H and O–H groups in total. The molecule has 2 nitrogen and oxygen atoms in total. The predicted octanol–water partition coefficient (Wildman–Crippen LogP) is 4.59. The summed E-state index contributed by atoms with van der Waals surface area (Å²) in [5.74, 6) is 0.854. The molecule has 0 aliphatic heterocycles. The molecule has 0 aliphatic rings. The van der Waals surface area contributed by atoms with Crippen LogP contribution in [0.2, 0.25) is 0 Å².